The molecule has 1 heterocycles. The second-order valence-corrected chi connectivity index (χ2v) is 4.66. The number of carbonyl (C=O) groups excluding carboxylic acids is 1. The number of nitrogens with one attached hydrogen (secondary N) is 1. The Hall–Kier alpha value is -2.68. The van der Waals surface area contributed by atoms with Gasteiger partial charge < -0.3 is 0 Å². The molecular weight excluding hydrogens is 248 g/mol. The minimum Gasteiger partial charge on any atom is -0.295 e. The fourth-order valence-electron chi connectivity index (χ4n) is 2.21. The van der Waals surface area contributed by atoms with E-state index in [1.54, 1.807) is 6.92 Å². The van der Waals surface area contributed by atoms with Gasteiger partial charge in [-0.1, -0.05) is 54.6 Å². The maximum absolute atomic E-state index is 11.3. The molecule has 20 heavy (non-hydrogen) atoms. The first-order valence-electron chi connectivity index (χ1n) is 6.46. The van der Waals surface area contributed by atoms with E-state index >= 15 is 0 Å². The van der Waals surface area contributed by atoms with Crippen LogP contribution in [0, 0.1) is 0 Å². The van der Waals surface area contributed by atoms with Gasteiger partial charge in [-0.3, -0.25) is 9.89 Å². The van der Waals surface area contributed by atoms with Gasteiger partial charge in [-0.2, -0.15) is 5.10 Å². The summed E-state index contributed by atoms with van der Waals surface area (Å²) in [6.45, 7) is 1.57. The van der Waals surface area contributed by atoms with Gasteiger partial charge >= 0.3 is 0 Å². The van der Waals surface area contributed by atoms with Gasteiger partial charge in [0.15, 0.2) is 5.78 Å². The normalized spacial score (nSPS) is 10.4. The third-order valence-electron chi connectivity index (χ3n) is 3.30. The number of Topliss-reactive ketones (excluding diaryl/α,β-unsaturated/α-hetero) is 1. The van der Waals surface area contributed by atoms with Crippen molar-refractivity contribution in [3.63, 3.8) is 0 Å². The van der Waals surface area contributed by atoms with Crippen LogP contribution < -0.4 is 0 Å². The number of carbonyl (C=O) groups is 1. The lowest BCUT2D eigenvalue weighted by atomic mass is 10.00. The Balaban J connectivity index is 2.04. The van der Waals surface area contributed by atoms with Crippen molar-refractivity contribution < 1.29 is 4.79 Å². The first-order chi connectivity index (χ1) is 9.75. The van der Waals surface area contributed by atoms with Crippen molar-refractivity contribution in [2.24, 2.45) is 0 Å². The minimum absolute atomic E-state index is 0.0760. The van der Waals surface area contributed by atoms with Crippen LogP contribution in [0.15, 0.2) is 60.8 Å². The topological polar surface area (TPSA) is 45.8 Å². The molecule has 3 heteroatoms. The molecule has 3 aromatic rings. The molecule has 0 spiro atoms. The van der Waals surface area contributed by atoms with Crippen LogP contribution in [0.25, 0.3) is 22.4 Å². The predicted molar refractivity (Wildman–Crippen MR) is 79.5 cm³/mol. The summed E-state index contributed by atoms with van der Waals surface area (Å²) in [5.41, 5.74) is 4.88. The highest BCUT2D eigenvalue weighted by molar-refractivity contribution is 5.94. The molecule has 0 bridgehead atoms. The van der Waals surface area contributed by atoms with Gasteiger partial charge in [0, 0.05) is 16.7 Å². The third-order valence-corrected chi connectivity index (χ3v) is 3.30. The van der Waals surface area contributed by atoms with E-state index in [0.29, 0.717) is 0 Å². The lowest BCUT2D eigenvalue weighted by molar-refractivity contribution is 0.101. The highest BCUT2D eigenvalue weighted by Crippen LogP contribution is 2.29. The smallest absolute Gasteiger partial charge is 0.159 e. The second-order valence-electron chi connectivity index (χ2n) is 4.66. The maximum atomic E-state index is 11.3. The van der Waals surface area contributed by atoms with Crippen LogP contribution >= 0.6 is 0 Å². The Bertz CT molecular complexity index is 727. The largest absolute Gasteiger partial charge is 0.295 e. The number of benzene rings is 2. The zero-order valence-corrected chi connectivity index (χ0v) is 11.1. The summed E-state index contributed by atoms with van der Waals surface area (Å²) in [6, 6.07) is 17.7. The van der Waals surface area contributed by atoms with Crippen molar-refractivity contribution in [3.8, 4) is 22.4 Å². The standard InChI is InChI=1S/C17H14N2O/c1-12(20)13-7-9-14(10-8-13)16-11-18-19-17(16)15-5-3-2-4-6-15/h2-11H,1H3,(H,18,19). The highest BCUT2D eigenvalue weighted by atomic mass is 16.1. The Morgan fingerprint density at radius 1 is 0.950 bits per heavy atom. The summed E-state index contributed by atoms with van der Waals surface area (Å²) in [5, 5.41) is 7.18. The van der Waals surface area contributed by atoms with Crippen LogP contribution in [0.5, 0.6) is 0 Å². The molecule has 0 aliphatic carbocycles. The van der Waals surface area contributed by atoms with Gasteiger partial charge in [0.2, 0.25) is 0 Å². The molecule has 1 aromatic heterocycles. The van der Waals surface area contributed by atoms with Gasteiger partial charge in [-0.15, -0.1) is 0 Å². The van der Waals surface area contributed by atoms with Crippen molar-refractivity contribution in [3.05, 3.63) is 66.4 Å². The number of nitrogens with zero attached hydrogens (tertiary/aromatic N) is 1. The van der Waals surface area contributed by atoms with E-state index in [-0.39, 0.29) is 5.78 Å². The summed E-state index contributed by atoms with van der Waals surface area (Å²) in [5.74, 6) is 0.0760. The van der Waals surface area contributed by atoms with Crippen molar-refractivity contribution >= 4 is 5.78 Å². The first kappa shape index (κ1) is 12.4. The van der Waals surface area contributed by atoms with Crippen molar-refractivity contribution in [2.75, 3.05) is 0 Å². The number of H-pyrrole nitrogens is 1. The van der Waals surface area contributed by atoms with E-state index < -0.39 is 0 Å². The molecule has 0 atom stereocenters. The molecule has 2 aromatic carbocycles. The number of hydrogen-bond acceptors (Lipinski definition) is 2. The SMILES string of the molecule is CC(=O)c1ccc(-c2cn[nH]c2-c2ccccc2)cc1. The zero-order chi connectivity index (χ0) is 13.9. The van der Waals surface area contributed by atoms with Crippen LogP contribution in [0.4, 0.5) is 0 Å². The molecule has 3 nitrogen and oxygen atoms in total. The van der Waals surface area contributed by atoms with E-state index in [9.17, 15) is 4.79 Å². The minimum atomic E-state index is 0.0760. The lowest BCUT2D eigenvalue weighted by Crippen LogP contribution is -1.91. The number of ketones is 1. The van der Waals surface area contributed by atoms with Crippen LogP contribution in [-0.2, 0) is 0 Å². The number of hydrogen-bond donors (Lipinski definition) is 1. The molecule has 0 aliphatic rings. The number of rotatable bonds is 3. The molecule has 0 amide bonds. The number of aromatic nitrogens is 2. The van der Waals surface area contributed by atoms with Crippen molar-refractivity contribution in [2.45, 2.75) is 6.92 Å². The summed E-state index contributed by atoms with van der Waals surface area (Å²) in [6.07, 6.45) is 1.81. The van der Waals surface area contributed by atoms with E-state index in [4.69, 9.17) is 0 Å². The summed E-state index contributed by atoms with van der Waals surface area (Å²) in [7, 11) is 0. The Morgan fingerprint density at radius 2 is 1.65 bits per heavy atom. The van der Waals surface area contributed by atoms with Gasteiger partial charge in [0.05, 0.1) is 11.9 Å². The fourth-order valence-corrected chi connectivity index (χ4v) is 2.21. The van der Waals surface area contributed by atoms with Gasteiger partial charge in [-0.25, -0.2) is 0 Å². The van der Waals surface area contributed by atoms with Gasteiger partial charge in [-0.05, 0) is 12.5 Å². The summed E-state index contributed by atoms with van der Waals surface area (Å²) < 4.78 is 0. The molecule has 0 aliphatic heterocycles. The van der Waals surface area contributed by atoms with Crippen molar-refractivity contribution in [1.29, 1.82) is 0 Å². The average Bonchev–Trinajstić information content (AvgIpc) is 2.97. The average molecular weight is 262 g/mol. The Labute approximate surface area is 117 Å². The van der Waals surface area contributed by atoms with Crippen LogP contribution in [0.3, 0.4) is 0 Å². The molecule has 0 unspecified atom stereocenters. The predicted octanol–water partition coefficient (Wildman–Crippen LogP) is 3.95. The molecule has 0 fully saturated rings. The van der Waals surface area contributed by atoms with Gasteiger partial charge in [0.25, 0.3) is 0 Å². The fraction of sp³-hybridized carbons (Fsp3) is 0.0588. The van der Waals surface area contributed by atoms with E-state index in [1.165, 1.54) is 0 Å². The maximum Gasteiger partial charge on any atom is 0.159 e. The van der Waals surface area contributed by atoms with E-state index in [1.807, 2.05) is 60.8 Å². The third kappa shape index (κ3) is 2.26. The molecule has 0 saturated heterocycles. The molecule has 98 valence electrons. The van der Waals surface area contributed by atoms with E-state index in [2.05, 4.69) is 10.2 Å². The quantitative estimate of drug-likeness (QED) is 0.726. The molecular formula is C17H14N2O. The monoisotopic (exact) mass is 262 g/mol. The first-order valence-corrected chi connectivity index (χ1v) is 6.46. The van der Waals surface area contributed by atoms with E-state index in [0.717, 1.165) is 27.9 Å². The molecule has 0 saturated carbocycles. The highest BCUT2D eigenvalue weighted by Gasteiger charge is 2.09. The Kier molecular flexibility index (Phi) is 3.17. The van der Waals surface area contributed by atoms with Crippen LogP contribution in [0.2, 0.25) is 0 Å². The van der Waals surface area contributed by atoms with Crippen LogP contribution in [0.1, 0.15) is 17.3 Å². The lowest BCUT2D eigenvalue weighted by Gasteiger charge is -2.04. The zero-order valence-electron chi connectivity index (χ0n) is 11.1. The Morgan fingerprint density at radius 3 is 2.30 bits per heavy atom. The second kappa shape index (κ2) is 5.13. The van der Waals surface area contributed by atoms with Gasteiger partial charge in [0.1, 0.15) is 0 Å². The van der Waals surface area contributed by atoms with Crippen LogP contribution in [-0.4, -0.2) is 16.0 Å². The molecule has 1 N–H and O–H groups in total. The van der Waals surface area contributed by atoms with Crippen molar-refractivity contribution in [1.82, 2.24) is 10.2 Å². The molecule has 3 rings (SSSR count). The number of aromatic amines is 1. The summed E-state index contributed by atoms with van der Waals surface area (Å²) in [4.78, 5) is 11.3. The molecule has 0 radical (unpaired) electrons. The summed E-state index contributed by atoms with van der Waals surface area (Å²) >= 11 is 0.